The topological polar surface area (TPSA) is 46.3 Å². The van der Waals surface area contributed by atoms with Crippen molar-refractivity contribution in [3.8, 4) is 0 Å². The van der Waals surface area contributed by atoms with Crippen LogP contribution in [0.1, 0.15) is 17.0 Å². The van der Waals surface area contributed by atoms with E-state index in [1.54, 1.807) is 17.6 Å². The average molecular weight is 358 g/mol. The number of hydrogen-bond acceptors (Lipinski definition) is 5. The number of thiazole rings is 1. The Morgan fingerprint density at radius 2 is 2.04 bits per heavy atom. The highest BCUT2D eigenvalue weighted by Crippen LogP contribution is 2.23. The first-order valence-corrected chi connectivity index (χ1v) is 9.46. The van der Waals surface area contributed by atoms with Crippen LogP contribution in [0.2, 0.25) is 0 Å². The summed E-state index contributed by atoms with van der Waals surface area (Å²) in [5.41, 5.74) is 2.10. The maximum atomic E-state index is 12.7. The van der Waals surface area contributed by atoms with Crippen LogP contribution in [-0.2, 0) is 17.9 Å². The van der Waals surface area contributed by atoms with E-state index in [-0.39, 0.29) is 5.91 Å². The zero-order valence-corrected chi connectivity index (χ0v) is 15.0. The zero-order valence-electron chi connectivity index (χ0n) is 13.3. The molecule has 1 amide bonds. The highest BCUT2D eigenvalue weighted by molar-refractivity contribution is 8.01. The minimum Gasteiger partial charge on any atom is -0.467 e. The molecule has 0 saturated heterocycles. The molecule has 0 saturated carbocycles. The van der Waals surface area contributed by atoms with Crippen LogP contribution < -0.4 is 0 Å². The van der Waals surface area contributed by atoms with Crippen LogP contribution in [0.25, 0.3) is 0 Å². The Labute approximate surface area is 149 Å². The molecule has 0 atom stereocenters. The molecule has 0 aliphatic carbocycles. The van der Waals surface area contributed by atoms with Crippen LogP contribution in [0, 0.1) is 6.92 Å². The quantitative estimate of drug-likeness (QED) is 0.589. The highest BCUT2D eigenvalue weighted by Gasteiger charge is 2.17. The standard InChI is InChI=1S/C18H18N2O2S2/c1-14-12-23-18(19-14)24-13-17(21)20(11-16-8-5-9-22-16)10-15-6-3-2-4-7-15/h2-9,12H,10-11,13H2,1H3. The van der Waals surface area contributed by atoms with Crippen molar-refractivity contribution in [2.45, 2.75) is 24.4 Å². The lowest BCUT2D eigenvalue weighted by atomic mass is 10.2. The Hall–Kier alpha value is -2.05. The third-order valence-corrected chi connectivity index (χ3v) is 5.54. The molecule has 4 nitrogen and oxygen atoms in total. The summed E-state index contributed by atoms with van der Waals surface area (Å²) in [7, 11) is 0. The summed E-state index contributed by atoms with van der Waals surface area (Å²) in [4.78, 5) is 18.9. The van der Waals surface area contributed by atoms with E-state index in [0.717, 1.165) is 21.4 Å². The first-order valence-electron chi connectivity index (χ1n) is 7.60. The highest BCUT2D eigenvalue weighted by atomic mass is 32.2. The number of nitrogens with zero attached hydrogens (tertiary/aromatic N) is 2. The van der Waals surface area contributed by atoms with Crippen LogP contribution in [0.5, 0.6) is 0 Å². The van der Waals surface area contributed by atoms with E-state index in [1.807, 2.05) is 59.7 Å². The number of thioether (sulfide) groups is 1. The minimum atomic E-state index is 0.0770. The molecule has 124 valence electrons. The Balaban J connectivity index is 1.66. The number of hydrogen-bond donors (Lipinski definition) is 0. The van der Waals surface area contributed by atoms with Crippen molar-refractivity contribution < 1.29 is 9.21 Å². The van der Waals surface area contributed by atoms with Crippen LogP contribution in [-0.4, -0.2) is 21.5 Å². The molecule has 0 bridgehead atoms. The third kappa shape index (κ3) is 4.72. The van der Waals surface area contributed by atoms with E-state index in [2.05, 4.69) is 4.98 Å². The molecule has 2 aromatic heterocycles. The van der Waals surface area contributed by atoms with Crippen molar-refractivity contribution in [2.24, 2.45) is 0 Å². The number of rotatable bonds is 7. The molecule has 0 spiro atoms. The lowest BCUT2D eigenvalue weighted by Crippen LogP contribution is -2.31. The van der Waals surface area contributed by atoms with Gasteiger partial charge < -0.3 is 9.32 Å². The molecule has 0 aliphatic rings. The fraction of sp³-hybridized carbons (Fsp3) is 0.222. The van der Waals surface area contributed by atoms with Gasteiger partial charge in [-0.2, -0.15) is 0 Å². The maximum Gasteiger partial charge on any atom is 0.233 e. The largest absolute Gasteiger partial charge is 0.467 e. The first-order chi connectivity index (χ1) is 11.7. The Morgan fingerprint density at radius 3 is 2.71 bits per heavy atom. The summed E-state index contributed by atoms with van der Waals surface area (Å²) in [6, 6.07) is 13.7. The summed E-state index contributed by atoms with van der Waals surface area (Å²) in [6.07, 6.45) is 1.63. The predicted octanol–water partition coefficient (Wildman–Crippen LogP) is 4.37. The molecule has 24 heavy (non-hydrogen) atoms. The molecule has 0 unspecified atom stereocenters. The van der Waals surface area contributed by atoms with Gasteiger partial charge in [0.15, 0.2) is 4.34 Å². The summed E-state index contributed by atoms with van der Waals surface area (Å²) in [5, 5.41) is 2.00. The molecule has 1 aromatic carbocycles. The smallest absolute Gasteiger partial charge is 0.233 e. The fourth-order valence-corrected chi connectivity index (χ4v) is 3.99. The first kappa shape index (κ1) is 16.8. The SMILES string of the molecule is Cc1csc(SCC(=O)N(Cc2ccccc2)Cc2ccco2)n1. The molecule has 0 radical (unpaired) electrons. The second-order valence-corrected chi connectivity index (χ2v) is 7.44. The molecule has 0 fully saturated rings. The van der Waals surface area contributed by atoms with Crippen molar-refractivity contribution in [3.05, 3.63) is 71.1 Å². The second-order valence-electron chi connectivity index (χ2n) is 5.36. The number of aryl methyl sites for hydroxylation is 1. The van der Waals surface area contributed by atoms with Gasteiger partial charge in [0, 0.05) is 17.6 Å². The van der Waals surface area contributed by atoms with Gasteiger partial charge in [0.25, 0.3) is 0 Å². The summed E-state index contributed by atoms with van der Waals surface area (Å²) >= 11 is 3.06. The average Bonchev–Trinajstić information content (AvgIpc) is 3.24. The number of furan rings is 1. The van der Waals surface area contributed by atoms with Gasteiger partial charge in [0.2, 0.25) is 5.91 Å². The molecule has 3 aromatic rings. The summed E-state index contributed by atoms with van der Waals surface area (Å²) in [6.45, 7) is 3.00. The molecule has 3 rings (SSSR count). The van der Waals surface area contributed by atoms with E-state index in [0.29, 0.717) is 18.8 Å². The van der Waals surface area contributed by atoms with E-state index in [9.17, 15) is 4.79 Å². The van der Waals surface area contributed by atoms with Gasteiger partial charge in [0.1, 0.15) is 5.76 Å². The van der Waals surface area contributed by atoms with Gasteiger partial charge in [-0.1, -0.05) is 42.1 Å². The molecule has 2 heterocycles. The number of amides is 1. The molecule has 0 aliphatic heterocycles. The van der Waals surface area contributed by atoms with E-state index >= 15 is 0 Å². The number of benzene rings is 1. The van der Waals surface area contributed by atoms with Gasteiger partial charge in [-0.05, 0) is 24.6 Å². The lowest BCUT2D eigenvalue weighted by molar-refractivity contribution is -0.129. The monoisotopic (exact) mass is 358 g/mol. The Morgan fingerprint density at radius 1 is 1.21 bits per heavy atom. The van der Waals surface area contributed by atoms with Gasteiger partial charge in [-0.25, -0.2) is 4.98 Å². The van der Waals surface area contributed by atoms with Crippen molar-refractivity contribution >= 4 is 29.0 Å². The van der Waals surface area contributed by atoms with Crippen LogP contribution in [0.4, 0.5) is 0 Å². The summed E-state index contributed by atoms with van der Waals surface area (Å²) < 4.78 is 6.34. The van der Waals surface area contributed by atoms with E-state index in [1.165, 1.54) is 11.8 Å². The number of carbonyl (C=O) groups is 1. The van der Waals surface area contributed by atoms with Crippen molar-refractivity contribution in [1.82, 2.24) is 9.88 Å². The van der Waals surface area contributed by atoms with E-state index < -0.39 is 0 Å². The van der Waals surface area contributed by atoms with Crippen LogP contribution in [0.3, 0.4) is 0 Å². The minimum absolute atomic E-state index is 0.0770. The van der Waals surface area contributed by atoms with Crippen molar-refractivity contribution in [3.63, 3.8) is 0 Å². The maximum absolute atomic E-state index is 12.7. The van der Waals surface area contributed by atoms with Gasteiger partial charge >= 0.3 is 0 Å². The van der Waals surface area contributed by atoms with Crippen molar-refractivity contribution in [1.29, 1.82) is 0 Å². The number of carbonyl (C=O) groups excluding carboxylic acids is 1. The molecule has 6 heteroatoms. The second kappa shape index (κ2) is 8.17. The normalized spacial score (nSPS) is 10.7. The summed E-state index contributed by atoms with van der Waals surface area (Å²) in [5.74, 6) is 1.24. The Bertz CT molecular complexity index is 769. The molecular formula is C18H18N2O2S2. The Kier molecular flexibility index (Phi) is 5.72. The molecule has 0 N–H and O–H groups in total. The van der Waals surface area contributed by atoms with Crippen LogP contribution in [0.15, 0.2) is 62.9 Å². The van der Waals surface area contributed by atoms with Gasteiger partial charge in [-0.3, -0.25) is 4.79 Å². The predicted molar refractivity (Wildman–Crippen MR) is 97.0 cm³/mol. The lowest BCUT2D eigenvalue weighted by Gasteiger charge is -2.21. The third-order valence-electron chi connectivity index (χ3n) is 3.41. The van der Waals surface area contributed by atoms with Crippen molar-refractivity contribution in [2.75, 3.05) is 5.75 Å². The van der Waals surface area contributed by atoms with Crippen LogP contribution >= 0.6 is 23.1 Å². The zero-order chi connectivity index (χ0) is 16.8. The fourth-order valence-electron chi connectivity index (χ4n) is 2.24. The molecular weight excluding hydrogens is 340 g/mol. The van der Waals surface area contributed by atoms with Gasteiger partial charge in [-0.15, -0.1) is 11.3 Å². The van der Waals surface area contributed by atoms with Gasteiger partial charge in [0.05, 0.1) is 18.6 Å². The van der Waals surface area contributed by atoms with E-state index in [4.69, 9.17) is 4.42 Å². The number of aromatic nitrogens is 1.